The minimum Gasteiger partial charge on any atom is -0.462 e. The number of ether oxygens (including phenoxy) is 2. The predicted octanol–water partition coefficient (Wildman–Crippen LogP) is 3.78. The Hall–Kier alpha value is -3.79. The number of nitrogens with zero attached hydrogens (tertiary/aromatic N) is 3. The molecule has 1 aromatic carbocycles. The summed E-state index contributed by atoms with van der Waals surface area (Å²) in [5, 5.41) is 4.86. The Balaban J connectivity index is 1.33. The van der Waals surface area contributed by atoms with Gasteiger partial charge in [-0.3, -0.25) is 9.59 Å². The zero-order valence-corrected chi connectivity index (χ0v) is 20.1. The molecule has 1 aliphatic rings. The van der Waals surface area contributed by atoms with Gasteiger partial charge in [0.05, 0.1) is 12.5 Å². The van der Waals surface area contributed by atoms with E-state index in [-0.39, 0.29) is 12.5 Å². The first-order valence-electron chi connectivity index (χ1n) is 11.4. The number of thiophene rings is 1. The van der Waals surface area contributed by atoms with E-state index in [1.54, 1.807) is 30.8 Å². The summed E-state index contributed by atoms with van der Waals surface area (Å²) in [6, 6.07) is 11.2. The molecule has 0 atom stereocenters. The van der Waals surface area contributed by atoms with E-state index in [1.807, 2.05) is 35.2 Å². The Kier molecular flexibility index (Phi) is 8.04. The lowest BCUT2D eigenvalue weighted by Gasteiger charge is -2.30. The molecule has 9 nitrogen and oxygen atoms in total. The van der Waals surface area contributed by atoms with Crippen molar-refractivity contribution in [2.24, 2.45) is 5.92 Å². The van der Waals surface area contributed by atoms with E-state index in [9.17, 15) is 14.4 Å². The number of anilines is 2. The van der Waals surface area contributed by atoms with Crippen molar-refractivity contribution < 1.29 is 23.9 Å². The van der Waals surface area contributed by atoms with Crippen LogP contribution in [0.15, 0.2) is 54.2 Å². The van der Waals surface area contributed by atoms with Crippen LogP contribution in [-0.2, 0) is 19.1 Å². The Morgan fingerprint density at radius 3 is 2.46 bits per heavy atom. The second-order valence-electron chi connectivity index (χ2n) is 7.91. The van der Waals surface area contributed by atoms with E-state index in [0.717, 1.165) is 5.56 Å². The van der Waals surface area contributed by atoms with Gasteiger partial charge in [-0.1, -0.05) is 30.3 Å². The molecule has 0 radical (unpaired) electrons. The fourth-order valence-corrected chi connectivity index (χ4v) is 4.85. The Morgan fingerprint density at radius 1 is 1.06 bits per heavy atom. The second kappa shape index (κ2) is 11.6. The third-order valence-corrected chi connectivity index (χ3v) is 6.51. The van der Waals surface area contributed by atoms with Gasteiger partial charge in [-0.15, -0.1) is 11.3 Å². The van der Waals surface area contributed by atoms with Crippen LogP contribution in [0.4, 0.5) is 10.9 Å². The third kappa shape index (κ3) is 6.02. The van der Waals surface area contributed by atoms with Gasteiger partial charge >= 0.3 is 11.9 Å². The molecule has 1 fully saturated rings. The number of hydrogen-bond acceptors (Lipinski definition) is 9. The van der Waals surface area contributed by atoms with Gasteiger partial charge in [-0.25, -0.2) is 14.8 Å². The van der Waals surface area contributed by atoms with Crippen LogP contribution in [0.5, 0.6) is 0 Å². The first-order valence-corrected chi connectivity index (χ1v) is 12.3. The standard InChI is InChI=1S/C25H26N4O5S/c1-2-33-24(32)21-19(17-7-4-3-5-8-17)16-35-22(21)28-20(30)15-34-23(31)18-9-13-29(14-10-18)25-26-11-6-12-27-25/h3-8,11-12,16,18H,2,9-10,13-15H2,1H3,(H,28,30). The number of rotatable bonds is 8. The molecule has 0 saturated carbocycles. The van der Waals surface area contributed by atoms with Gasteiger partial charge in [-0.2, -0.15) is 0 Å². The van der Waals surface area contributed by atoms with Gasteiger partial charge in [0, 0.05) is 36.4 Å². The number of benzene rings is 1. The summed E-state index contributed by atoms with van der Waals surface area (Å²) in [6.45, 7) is 2.78. The van der Waals surface area contributed by atoms with Crippen LogP contribution in [0, 0.1) is 5.92 Å². The molecular weight excluding hydrogens is 468 g/mol. The summed E-state index contributed by atoms with van der Waals surface area (Å²) < 4.78 is 10.5. The summed E-state index contributed by atoms with van der Waals surface area (Å²) in [6.07, 6.45) is 4.56. The topological polar surface area (TPSA) is 111 Å². The minimum absolute atomic E-state index is 0.211. The molecule has 4 rings (SSSR count). The van der Waals surface area contributed by atoms with Crippen molar-refractivity contribution in [1.82, 2.24) is 9.97 Å². The zero-order chi connectivity index (χ0) is 24.6. The van der Waals surface area contributed by atoms with Gasteiger partial charge in [-0.05, 0) is 31.4 Å². The Labute approximate surface area is 207 Å². The fourth-order valence-electron chi connectivity index (χ4n) is 3.87. The van der Waals surface area contributed by atoms with E-state index in [0.29, 0.717) is 48.0 Å². The molecule has 2 aromatic heterocycles. The molecular formula is C25H26N4O5S. The van der Waals surface area contributed by atoms with E-state index in [4.69, 9.17) is 9.47 Å². The number of aromatic nitrogens is 2. The number of esters is 2. The third-order valence-electron chi connectivity index (χ3n) is 5.62. The van der Waals surface area contributed by atoms with Crippen molar-refractivity contribution in [1.29, 1.82) is 0 Å². The molecule has 182 valence electrons. The minimum atomic E-state index is -0.519. The molecule has 1 N–H and O–H groups in total. The summed E-state index contributed by atoms with van der Waals surface area (Å²) in [7, 11) is 0. The maximum atomic E-state index is 12.6. The summed E-state index contributed by atoms with van der Waals surface area (Å²) in [4.78, 5) is 48.2. The largest absolute Gasteiger partial charge is 0.462 e. The highest BCUT2D eigenvalue weighted by Crippen LogP contribution is 2.36. The lowest BCUT2D eigenvalue weighted by molar-refractivity contribution is -0.152. The van der Waals surface area contributed by atoms with Crippen LogP contribution in [-0.4, -0.2) is 54.1 Å². The van der Waals surface area contributed by atoms with E-state index < -0.39 is 24.5 Å². The van der Waals surface area contributed by atoms with Crippen molar-refractivity contribution in [3.8, 4) is 11.1 Å². The zero-order valence-electron chi connectivity index (χ0n) is 19.3. The van der Waals surface area contributed by atoms with Gasteiger partial charge in [0.2, 0.25) is 5.95 Å². The highest BCUT2D eigenvalue weighted by atomic mass is 32.1. The van der Waals surface area contributed by atoms with Gasteiger partial charge in [0.15, 0.2) is 6.61 Å². The highest BCUT2D eigenvalue weighted by Gasteiger charge is 2.28. The monoisotopic (exact) mass is 494 g/mol. The highest BCUT2D eigenvalue weighted by molar-refractivity contribution is 7.15. The number of piperidine rings is 1. The van der Waals surface area contributed by atoms with Crippen LogP contribution < -0.4 is 10.2 Å². The number of amides is 1. The molecule has 35 heavy (non-hydrogen) atoms. The van der Waals surface area contributed by atoms with Gasteiger partial charge in [0.25, 0.3) is 5.91 Å². The van der Waals surface area contributed by atoms with E-state index in [1.165, 1.54) is 11.3 Å². The van der Waals surface area contributed by atoms with Crippen molar-refractivity contribution in [2.45, 2.75) is 19.8 Å². The van der Waals surface area contributed by atoms with Crippen molar-refractivity contribution in [2.75, 3.05) is 36.5 Å². The lowest BCUT2D eigenvalue weighted by atomic mass is 9.97. The van der Waals surface area contributed by atoms with Crippen molar-refractivity contribution >= 4 is 40.1 Å². The molecule has 1 amide bonds. The average Bonchev–Trinajstić information content (AvgIpc) is 3.32. The van der Waals surface area contributed by atoms with Crippen LogP contribution in [0.2, 0.25) is 0 Å². The average molecular weight is 495 g/mol. The smallest absolute Gasteiger partial charge is 0.341 e. The maximum Gasteiger partial charge on any atom is 0.341 e. The molecule has 0 bridgehead atoms. The van der Waals surface area contributed by atoms with Crippen LogP contribution >= 0.6 is 11.3 Å². The van der Waals surface area contributed by atoms with Crippen LogP contribution in [0.1, 0.15) is 30.1 Å². The molecule has 1 saturated heterocycles. The normalized spacial score (nSPS) is 13.8. The van der Waals surface area contributed by atoms with Crippen molar-refractivity contribution in [3.63, 3.8) is 0 Å². The van der Waals surface area contributed by atoms with Crippen LogP contribution in [0.25, 0.3) is 11.1 Å². The van der Waals surface area contributed by atoms with Gasteiger partial charge in [0.1, 0.15) is 10.6 Å². The summed E-state index contributed by atoms with van der Waals surface area (Å²) in [5.74, 6) is -1.09. The number of nitrogens with one attached hydrogen (secondary N) is 1. The number of hydrogen-bond donors (Lipinski definition) is 1. The predicted molar refractivity (Wildman–Crippen MR) is 132 cm³/mol. The number of carbonyl (C=O) groups is 3. The first-order chi connectivity index (χ1) is 17.1. The summed E-state index contributed by atoms with van der Waals surface area (Å²) >= 11 is 1.22. The molecule has 0 spiro atoms. The second-order valence-corrected chi connectivity index (χ2v) is 8.79. The molecule has 10 heteroatoms. The fraction of sp³-hybridized carbons (Fsp3) is 0.320. The van der Waals surface area contributed by atoms with Crippen LogP contribution in [0.3, 0.4) is 0 Å². The Bertz CT molecular complexity index is 1160. The first kappa shape index (κ1) is 24.3. The summed E-state index contributed by atoms with van der Waals surface area (Å²) in [5.41, 5.74) is 1.81. The quantitative estimate of drug-likeness (QED) is 0.471. The molecule has 1 aliphatic heterocycles. The SMILES string of the molecule is CCOC(=O)c1c(-c2ccccc2)csc1NC(=O)COC(=O)C1CCN(c2ncccn2)CC1. The van der Waals surface area contributed by atoms with E-state index >= 15 is 0 Å². The van der Waals surface area contributed by atoms with Gasteiger partial charge < -0.3 is 19.7 Å². The number of carbonyl (C=O) groups excluding carboxylic acids is 3. The molecule has 0 unspecified atom stereocenters. The van der Waals surface area contributed by atoms with E-state index in [2.05, 4.69) is 15.3 Å². The molecule has 0 aliphatic carbocycles. The molecule has 3 heterocycles. The van der Waals surface area contributed by atoms with Crippen molar-refractivity contribution in [3.05, 3.63) is 59.7 Å². The Morgan fingerprint density at radius 2 is 1.77 bits per heavy atom. The maximum absolute atomic E-state index is 12.6. The lowest BCUT2D eigenvalue weighted by Crippen LogP contribution is -2.38. The molecule has 3 aromatic rings.